The van der Waals surface area contributed by atoms with E-state index >= 15 is 0 Å². The number of halogens is 3. The number of nitrogens with zero attached hydrogens (tertiary/aromatic N) is 3. The van der Waals surface area contributed by atoms with Gasteiger partial charge in [-0.2, -0.15) is 23.7 Å². The lowest BCUT2D eigenvalue weighted by atomic mass is 10.1. The summed E-state index contributed by atoms with van der Waals surface area (Å²) in [4.78, 5) is 16.0. The monoisotopic (exact) mass is 391 g/mol. The third-order valence-electron chi connectivity index (χ3n) is 3.48. The number of carbonyl (C=O) groups excluding carboxylic acids is 1. The molecule has 10 heteroatoms. The van der Waals surface area contributed by atoms with Crippen molar-refractivity contribution >= 4 is 29.2 Å². The molecule has 0 saturated carbocycles. The number of alkyl halides is 3. The van der Waals surface area contributed by atoms with Gasteiger partial charge in [0.1, 0.15) is 23.0 Å². The molecular weight excluding hydrogens is 379 g/mol. The first-order valence-electron chi connectivity index (χ1n) is 7.37. The zero-order valence-corrected chi connectivity index (χ0v) is 14.7. The van der Waals surface area contributed by atoms with Gasteiger partial charge in [0.25, 0.3) is 0 Å². The third-order valence-corrected chi connectivity index (χ3v) is 4.45. The summed E-state index contributed by atoms with van der Waals surface area (Å²) in [5.41, 5.74) is 5.37. The summed E-state index contributed by atoms with van der Waals surface area (Å²) in [7, 11) is 0. The van der Waals surface area contributed by atoms with E-state index in [4.69, 9.17) is 11.0 Å². The smallest absolute Gasteiger partial charge is 0.383 e. The van der Waals surface area contributed by atoms with E-state index in [1.165, 1.54) is 12.1 Å². The molecule has 0 bridgehead atoms. The van der Waals surface area contributed by atoms with Gasteiger partial charge in [-0.1, -0.05) is 17.8 Å². The van der Waals surface area contributed by atoms with Crippen molar-refractivity contribution in [2.45, 2.75) is 18.1 Å². The molecule has 0 radical (unpaired) electrons. The summed E-state index contributed by atoms with van der Waals surface area (Å²) >= 11 is 0.899. The highest BCUT2D eigenvalue weighted by Gasteiger charge is 2.30. The maximum absolute atomic E-state index is 12.7. The first kappa shape index (κ1) is 20.1. The fourth-order valence-corrected chi connectivity index (χ4v) is 3.03. The Bertz CT molecular complexity index is 976. The van der Waals surface area contributed by atoms with Gasteiger partial charge in [0.2, 0.25) is 5.91 Å². The molecule has 6 nitrogen and oxygen atoms in total. The minimum atomic E-state index is -4.52. The molecule has 27 heavy (non-hydrogen) atoms. The Hall–Kier alpha value is -3.24. The average molecular weight is 391 g/mol. The van der Waals surface area contributed by atoms with Crippen LogP contribution < -0.4 is 11.1 Å². The van der Waals surface area contributed by atoms with Crippen LogP contribution in [-0.4, -0.2) is 16.6 Å². The SMILES string of the molecule is Cc1c(C#N)c(N)nc(SCC(=O)Nc2cccc(C(F)(F)F)c2)c1C#N. The molecule has 1 heterocycles. The van der Waals surface area contributed by atoms with Crippen molar-refractivity contribution in [3.05, 3.63) is 46.5 Å². The van der Waals surface area contributed by atoms with Crippen molar-refractivity contribution in [1.82, 2.24) is 4.98 Å². The minimum absolute atomic E-state index is 0.000543. The lowest BCUT2D eigenvalue weighted by molar-refractivity contribution is -0.137. The number of thioether (sulfide) groups is 1. The van der Waals surface area contributed by atoms with E-state index < -0.39 is 17.6 Å². The summed E-state index contributed by atoms with van der Waals surface area (Å²) < 4.78 is 38.1. The number of nitrogens with one attached hydrogen (secondary N) is 1. The molecule has 0 spiro atoms. The van der Waals surface area contributed by atoms with Gasteiger partial charge in [-0.3, -0.25) is 4.79 Å². The molecule has 0 aliphatic carbocycles. The molecule has 1 amide bonds. The molecule has 1 aromatic heterocycles. The molecule has 138 valence electrons. The number of anilines is 2. The molecule has 0 fully saturated rings. The molecule has 0 atom stereocenters. The molecule has 2 aromatic rings. The minimum Gasteiger partial charge on any atom is -0.383 e. The van der Waals surface area contributed by atoms with Crippen LogP contribution in [0.15, 0.2) is 29.3 Å². The Balaban J connectivity index is 2.13. The van der Waals surface area contributed by atoms with Crippen molar-refractivity contribution in [3.63, 3.8) is 0 Å². The number of aromatic nitrogens is 1. The predicted molar refractivity (Wildman–Crippen MR) is 93.6 cm³/mol. The summed E-state index contributed by atoms with van der Waals surface area (Å²) in [5.74, 6) is -0.844. The number of nitriles is 2. The Morgan fingerprint density at radius 3 is 2.56 bits per heavy atom. The molecule has 1 aromatic carbocycles. The molecule has 0 aliphatic rings. The summed E-state index contributed by atoms with van der Waals surface area (Å²) in [6, 6.07) is 8.02. The van der Waals surface area contributed by atoms with Gasteiger partial charge in [0.15, 0.2) is 0 Å². The highest BCUT2D eigenvalue weighted by molar-refractivity contribution is 8.00. The zero-order valence-electron chi connectivity index (χ0n) is 13.9. The van der Waals surface area contributed by atoms with Gasteiger partial charge in [-0.15, -0.1) is 0 Å². The van der Waals surface area contributed by atoms with Crippen molar-refractivity contribution < 1.29 is 18.0 Å². The van der Waals surface area contributed by atoms with E-state index in [-0.39, 0.29) is 33.4 Å². The van der Waals surface area contributed by atoms with Crippen LogP contribution in [0.3, 0.4) is 0 Å². The highest BCUT2D eigenvalue weighted by Crippen LogP contribution is 2.31. The Morgan fingerprint density at radius 1 is 1.30 bits per heavy atom. The number of hydrogen-bond donors (Lipinski definition) is 2. The number of pyridine rings is 1. The van der Waals surface area contributed by atoms with Crippen molar-refractivity contribution in [1.29, 1.82) is 10.5 Å². The molecule has 0 saturated heterocycles. The Kier molecular flexibility index (Phi) is 5.93. The van der Waals surface area contributed by atoms with Crippen LogP contribution in [0.1, 0.15) is 22.3 Å². The fraction of sp³-hybridized carbons (Fsp3) is 0.176. The van der Waals surface area contributed by atoms with E-state index in [0.717, 1.165) is 23.9 Å². The summed E-state index contributed by atoms with van der Waals surface area (Å²) in [6.07, 6.45) is -4.52. The van der Waals surface area contributed by atoms with Crippen LogP contribution >= 0.6 is 11.8 Å². The van der Waals surface area contributed by atoms with Crippen LogP contribution in [-0.2, 0) is 11.0 Å². The number of carbonyl (C=O) groups is 1. The molecular formula is C17H12F3N5OS. The third kappa shape index (κ3) is 4.68. The topological polar surface area (TPSA) is 116 Å². The fourth-order valence-electron chi connectivity index (χ4n) is 2.18. The van der Waals surface area contributed by atoms with E-state index in [1.807, 2.05) is 12.1 Å². The highest BCUT2D eigenvalue weighted by atomic mass is 32.2. The quantitative estimate of drug-likeness (QED) is 0.771. The lowest BCUT2D eigenvalue weighted by Gasteiger charge is -2.11. The predicted octanol–water partition coefficient (Wildman–Crippen LogP) is 3.47. The van der Waals surface area contributed by atoms with E-state index in [2.05, 4.69) is 10.3 Å². The first-order chi connectivity index (χ1) is 12.7. The number of benzene rings is 1. The molecule has 0 unspecified atom stereocenters. The van der Waals surface area contributed by atoms with Gasteiger partial charge in [0.05, 0.1) is 22.4 Å². The van der Waals surface area contributed by atoms with Gasteiger partial charge in [0, 0.05) is 5.69 Å². The molecule has 2 rings (SSSR count). The average Bonchev–Trinajstić information content (AvgIpc) is 2.59. The number of amides is 1. The second kappa shape index (κ2) is 7.98. The second-order valence-corrected chi connectivity index (χ2v) is 6.28. The van der Waals surface area contributed by atoms with Crippen molar-refractivity contribution in [2.75, 3.05) is 16.8 Å². The zero-order chi connectivity index (χ0) is 20.2. The number of nitrogens with two attached hydrogens (primary N) is 1. The first-order valence-corrected chi connectivity index (χ1v) is 8.36. The maximum Gasteiger partial charge on any atom is 0.416 e. The van der Waals surface area contributed by atoms with Crippen LogP contribution in [0.5, 0.6) is 0 Å². The van der Waals surface area contributed by atoms with Crippen LogP contribution in [0.2, 0.25) is 0 Å². The number of hydrogen-bond acceptors (Lipinski definition) is 6. The van der Waals surface area contributed by atoms with Crippen molar-refractivity contribution in [3.8, 4) is 12.1 Å². The van der Waals surface area contributed by atoms with Gasteiger partial charge in [-0.25, -0.2) is 4.98 Å². The van der Waals surface area contributed by atoms with E-state index in [0.29, 0.717) is 5.56 Å². The maximum atomic E-state index is 12.7. The lowest BCUT2D eigenvalue weighted by Crippen LogP contribution is -2.15. The van der Waals surface area contributed by atoms with E-state index in [1.54, 1.807) is 6.92 Å². The van der Waals surface area contributed by atoms with Gasteiger partial charge < -0.3 is 11.1 Å². The molecule has 3 N–H and O–H groups in total. The molecule has 0 aliphatic heterocycles. The van der Waals surface area contributed by atoms with Crippen LogP contribution in [0.25, 0.3) is 0 Å². The Morgan fingerprint density at radius 2 is 1.96 bits per heavy atom. The van der Waals surface area contributed by atoms with Crippen LogP contribution in [0.4, 0.5) is 24.7 Å². The number of rotatable bonds is 4. The number of nitrogen functional groups attached to an aromatic ring is 1. The normalized spacial score (nSPS) is 10.7. The van der Waals surface area contributed by atoms with Gasteiger partial charge >= 0.3 is 6.18 Å². The summed E-state index contributed by atoms with van der Waals surface area (Å²) in [6.45, 7) is 1.54. The second-order valence-electron chi connectivity index (χ2n) is 5.32. The van der Waals surface area contributed by atoms with Crippen molar-refractivity contribution in [2.24, 2.45) is 0 Å². The van der Waals surface area contributed by atoms with E-state index in [9.17, 15) is 23.2 Å². The summed E-state index contributed by atoms with van der Waals surface area (Å²) in [5, 5.41) is 20.8. The van der Waals surface area contributed by atoms with Crippen LogP contribution in [0, 0.1) is 29.6 Å². The largest absolute Gasteiger partial charge is 0.416 e. The Labute approximate surface area is 156 Å². The van der Waals surface area contributed by atoms with Gasteiger partial charge in [-0.05, 0) is 30.7 Å². The standard InChI is InChI=1S/C17H12F3N5OS/c1-9-12(6-21)15(23)25-16(13(9)7-22)27-8-14(26)24-11-4-2-3-10(5-11)17(18,19)20/h2-5H,8H2,1H3,(H2,23,25)(H,24,26).